The summed E-state index contributed by atoms with van der Waals surface area (Å²) in [5.41, 5.74) is 2.50. The smallest absolute Gasteiger partial charge is 0.321 e. The number of benzene rings is 2. The second kappa shape index (κ2) is 6.78. The van der Waals surface area contributed by atoms with E-state index in [4.69, 9.17) is 9.47 Å². The van der Waals surface area contributed by atoms with Crippen molar-refractivity contribution in [3.05, 3.63) is 53.1 Å². The van der Waals surface area contributed by atoms with Crippen LogP contribution in [0.1, 0.15) is 23.1 Å². The minimum atomic E-state index is -1.01. The molecule has 2 aromatic carbocycles. The van der Waals surface area contributed by atoms with Gasteiger partial charge in [0.05, 0.1) is 6.54 Å². The summed E-state index contributed by atoms with van der Waals surface area (Å²) >= 11 is 0. The molecule has 0 bridgehead atoms. The number of amides is 2. The maximum Gasteiger partial charge on any atom is 0.321 e. The molecule has 142 valence electrons. The van der Waals surface area contributed by atoms with Gasteiger partial charge in [0.25, 0.3) is 0 Å². The molecule has 1 atom stereocenters. The van der Waals surface area contributed by atoms with E-state index in [9.17, 15) is 9.90 Å². The molecule has 0 aliphatic carbocycles. The minimum Gasteiger partial charge on any atom is -0.486 e. The monoisotopic (exact) mass is 368 g/mol. The van der Waals surface area contributed by atoms with Crippen molar-refractivity contribution in [1.29, 1.82) is 0 Å². The number of likely N-dealkylation sites (tertiary alicyclic amines) is 1. The van der Waals surface area contributed by atoms with Gasteiger partial charge in [0.15, 0.2) is 11.5 Å². The number of carbonyl (C=O) groups excluding carboxylic acids is 1. The summed E-state index contributed by atoms with van der Waals surface area (Å²) in [6, 6.07) is 11.2. The fourth-order valence-corrected chi connectivity index (χ4v) is 3.80. The molecule has 0 aromatic heterocycles. The van der Waals surface area contributed by atoms with Crippen LogP contribution in [0.2, 0.25) is 0 Å². The quantitative estimate of drug-likeness (QED) is 0.854. The Morgan fingerprint density at radius 1 is 1.11 bits per heavy atom. The van der Waals surface area contributed by atoms with Gasteiger partial charge in [-0.05, 0) is 43.0 Å². The largest absolute Gasteiger partial charge is 0.486 e. The molecule has 2 aliphatic rings. The van der Waals surface area contributed by atoms with Crippen molar-refractivity contribution in [2.24, 2.45) is 0 Å². The first-order valence-electron chi connectivity index (χ1n) is 9.21. The number of β-amino-alcohol motifs (C(OH)–C–C–N with tert-alkyl or cyclic N) is 1. The average Bonchev–Trinajstić information content (AvgIpc) is 3.06. The minimum absolute atomic E-state index is 0.223. The third-order valence-electron chi connectivity index (χ3n) is 5.31. The highest BCUT2D eigenvalue weighted by molar-refractivity contribution is 5.91. The van der Waals surface area contributed by atoms with Gasteiger partial charge >= 0.3 is 6.03 Å². The van der Waals surface area contributed by atoms with Gasteiger partial charge in [-0.3, -0.25) is 0 Å². The van der Waals surface area contributed by atoms with Crippen LogP contribution in [0, 0.1) is 13.8 Å². The molecule has 6 nitrogen and oxygen atoms in total. The maximum absolute atomic E-state index is 12.8. The molecule has 2 heterocycles. The predicted octanol–water partition coefficient (Wildman–Crippen LogP) is 3.20. The molecule has 2 amide bonds. The fourth-order valence-electron chi connectivity index (χ4n) is 3.80. The average molecular weight is 368 g/mol. The maximum atomic E-state index is 12.8. The molecular formula is C21H24N2O4. The highest BCUT2D eigenvalue weighted by Crippen LogP contribution is 2.37. The van der Waals surface area contributed by atoms with Crippen LogP contribution in [-0.4, -0.2) is 42.3 Å². The van der Waals surface area contributed by atoms with E-state index in [-0.39, 0.29) is 12.6 Å². The lowest BCUT2D eigenvalue weighted by Gasteiger charge is -2.26. The molecule has 4 rings (SSSR count). The highest BCUT2D eigenvalue weighted by Gasteiger charge is 2.40. The summed E-state index contributed by atoms with van der Waals surface area (Å²) in [4.78, 5) is 14.4. The molecule has 0 spiro atoms. The molecule has 27 heavy (non-hydrogen) atoms. The molecule has 6 heteroatoms. The van der Waals surface area contributed by atoms with Crippen molar-refractivity contribution in [2.45, 2.75) is 25.9 Å². The fraction of sp³-hybridized carbons (Fsp3) is 0.381. The molecule has 1 saturated heterocycles. The van der Waals surface area contributed by atoms with Gasteiger partial charge in [-0.15, -0.1) is 0 Å². The second-order valence-electron chi connectivity index (χ2n) is 7.26. The van der Waals surface area contributed by atoms with E-state index in [2.05, 4.69) is 5.32 Å². The number of nitrogens with zero attached hydrogens (tertiary/aromatic N) is 1. The van der Waals surface area contributed by atoms with E-state index in [1.54, 1.807) is 11.0 Å². The van der Waals surface area contributed by atoms with Gasteiger partial charge in [0.2, 0.25) is 0 Å². The molecule has 2 aromatic rings. The number of aryl methyl sites for hydroxylation is 2. The first kappa shape index (κ1) is 17.7. The standard InChI is InChI=1S/C21H24N2O4/c1-14-5-3-4-6-16(14)21(25)7-8-23(13-21)20(24)22-17-12-19-18(11-15(17)2)26-9-10-27-19/h3-6,11-12,25H,7-10,13H2,1-2H3,(H,22,24)/t21-/m0/s1. The van der Waals surface area contributed by atoms with E-state index in [1.807, 2.05) is 44.2 Å². The van der Waals surface area contributed by atoms with Crippen LogP contribution in [0.4, 0.5) is 10.5 Å². The summed E-state index contributed by atoms with van der Waals surface area (Å²) in [5, 5.41) is 14.0. The lowest BCUT2D eigenvalue weighted by atomic mass is 9.89. The highest BCUT2D eigenvalue weighted by atomic mass is 16.6. The van der Waals surface area contributed by atoms with Crippen molar-refractivity contribution in [3.8, 4) is 11.5 Å². The second-order valence-corrected chi connectivity index (χ2v) is 7.26. The Labute approximate surface area is 158 Å². The summed E-state index contributed by atoms with van der Waals surface area (Å²) < 4.78 is 11.2. The molecule has 0 unspecified atom stereocenters. The Morgan fingerprint density at radius 2 is 1.81 bits per heavy atom. The van der Waals surface area contributed by atoms with Crippen LogP contribution in [0.5, 0.6) is 11.5 Å². The van der Waals surface area contributed by atoms with Crippen molar-refractivity contribution < 1.29 is 19.4 Å². The van der Waals surface area contributed by atoms with E-state index in [1.165, 1.54) is 0 Å². The number of aliphatic hydroxyl groups is 1. The summed E-state index contributed by atoms with van der Waals surface area (Å²) in [5.74, 6) is 1.34. The number of ether oxygens (including phenoxy) is 2. The van der Waals surface area contributed by atoms with Gasteiger partial charge in [-0.2, -0.15) is 0 Å². The zero-order valence-corrected chi connectivity index (χ0v) is 15.6. The van der Waals surface area contributed by atoms with E-state index < -0.39 is 5.60 Å². The predicted molar refractivity (Wildman–Crippen MR) is 102 cm³/mol. The number of rotatable bonds is 2. The van der Waals surface area contributed by atoms with Crippen LogP contribution < -0.4 is 14.8 Å². The van der Waals surface area contributed by atoms with Crippen molar-refractivity contribution in [3.63, 3.8) is 0 Å². The summed E-state index contributed by atoms with van der Waals surface area (Å²) in [6.07, 6.45) is 0.519. The molecule has 1 fully saturated rings. The van der Waals surface area contributed by atoms with Crippen LogP contribution in [0.3, 0.4) is 0 Å². The number of fused-ring (bicyclic) bond motifs is 1. The number of urea groups is 1. The van der Waals surface area contributed by atoms with Crippen molar-refractivity contribution in [2.75, 3.05) is 31.6 Å². The van der Waals surface area contributed by atoms with E-state index >= 15 is 0 Å². The third kappa shape index (κ3) is 3.32. The summed E-state index contributed by atoms with van der Waals surface area (Å²) in [7, 11) is 0. The Balaban J connectivity index is 1.49. The topological polar surface area (TPSA) is 71.0 Å². The van der Waals surface area contributed by atoms with Gasteiger partial charge in [-0.1, -0.05) is 24.3 Å². The van der Waals surface area contributed by atoms with Crippen LogP contribution in [0.15, 0.2) is 36.4 Å². The number of hydrogen-bond donors (Lipinski definition) is 2. The number of hydrogen-bond acceptors (Lipinski definition) is 4. The molecule has 2 N–H and O–H groups in total. The Hall–Kier alpha value is -2.73. The number of anilines is 1. The number of nitrogens with one attached hydrogen (secondary N) is 1. The lowest BCUT2D eigenvalue weighted by Crippen LogP contribution is -2.37. The Morgan fingerprint density at radius 3 is 2.56 bits per heavy atom. The SMILES string of the molecule is Cc1cc2c(cc1NC(=O)N1CC[C@@](O)(c3ccccc3C)C1)OCCO2. The Bertz CT molecular complexity index is 882. The van der Waals surface area contributed by atoms with E-state index in [0.717, 1.165) is 16.7 Å². The van der Waals surface area contributed by atoms with Crippen LogP contribution in [-0.2, 0) is 5.60 Å². The molecule has 2 aliphatic heterocycles. The van der Waals surface area contributed by atoms with E-state index in [0.29, 0.717) is 43.4 Å². The van der Waals surface area contributed by atoms with Gasteiger partial charge in [0.1, 0.15) is 18.8 Å². The van der Waals surface area contributed by atoms with Gasteiger partial charge < -0.3 is 24.8 Å². The molecular weight excluding hydrogens is 344 g/mol. The Kier molecular flexibility index (Phi) is 4.44. The molecule has 0 saturated carbocycles. The molecule has 0 radical (unpaired) electrons. The van der Waals surface area contributed by atoms with Crippen LogP contribution in [0.25, 0.3) is 0 Å². The van der Waals surface area contributed by atoms with Crippen LogP contribution >= 0.6 is 0 Å². The van der Waals surface area contributed by atoms with Gasteiger partial charge in [-0.25, -0.2) is 4.79 Å². The van der Waals surface area contributed by atoms with Crippen molar-refractivity contribution >= 4 is 11.7 Å². The first-order chi connectivity index (χ1) is 13.0. The zero-order valence-electron chi connectivity index (χ0n) is 15.6. The summed E-state index contributed by atoms with van der Waals surface area (Å²) in [6.45, 7) is 5.70. The van der Waals surface area contributed by atoms with Crippen molar-refractivity contribution in [1.82, 2.24) is 4.90 Å². The number of carbonyl (C=O) groups is 1. The first-order valence-corrected chi connectivity index (χ1v) is 9.21. The lowest BCUT2D eigenvalue weighted by molar-refractivity contribution is 0.0494. The normalized spacial score (nSPS) is 21.2. The third-order valence-corrected chi connectivity index (χ3v) is 5.31. The zero-order chi connectivity index (χ0) is 19.0. The van der Waals surface area contributed by atoms with Gasteiger partial charge in [0, 0.05) is 18.3 Å².